The molecule has 3 aromatic rings. The summed E-state index contributed by atoms with van der Waals surface area (Å²) in [6.45, 7) is 15.1. The molecule has 3 aliphatic rings. The van der Waals surface area contributed by atoms with E-state index >= 15 is 0 Å². The fraction of sp³-hybridized carbons (Fsp3) is 0.569. The summed E-state index contributed by atoms with van der Waals surface area (Å²) in [5.41, 5.74) is 12.6. The molecule has 3 heterocycles. The van der Waals surface area contributed by atoms with Gasteiger partial charge in [-0.2, -0.15) is 0 Å². The van der Waals surface area contributed by atoms with Crippen LogP contribution in [-0.4, -0.2) is 106 Å². The number of ketones is 2. The quantitative estimate of drug-likeness (QED) is 0.0286. The van der Waals surface area contributed by atoms with Crippen LogP contribution >= 0.6 is 0 Å². The molecule has 0 N–H and O–H groups in total. The van der Waals surface area contributed by atoms with Gasteiger partial charge in [0.05, 0.1) is 32.7 Å². The van der Waals surface area contributed by atoms with Crippen molar-refractivity contribution in [2.45, 2.75) is 166 Å². The first-order valence-corrected chi connectivity index (χ1v) is 26.5. The Bertz CT molecular complexity index is 2190. The molecule has 1 unspecified atom stereocenters. The van der Waals surface area contributed by atoms with Crippen LogP contribution in [0.3, 0.4) is 0 Å². The molecule has 17 nitrogen and oxygen atoms in total. The maximum Gasteiger partial charge on any atom is 0.306 e. The molecule has 374 valence electrons. The number of azide groups is 1. The third-order valence-electron chi connectivity index (χ3n) is 13.5. The number of Topliss-reactive ketones (excluding diaryl/α,β-unsaturated/α-hetero) is 2. The van der Waals surface area contributed by atoms with E-state index < -0.39 is 94.5 Å². The summed E-state index contributed by atoms with van der Waals surface area (Å²) in [6, 6.07) is 27.0. The van der Waals surface area contributed by atoms with Crippen molar-refractivity contribution in [2.24, 2.45) is 11.0 Å². The van der Waals surface area contributed by atoms with Crippen LogP contribution in [0.5, 0.6) is 0 Å². The average Bonchev–Trinajstić information content (AvgIpc) is 3.33. The van der Waals surface area contributed by atoms with Gasteiger partial charge in [0.15, 0.2) is 33.3 Å². The lowest BCUT2D eigenvalue weighted by Crippen LogP contribution is -2.67. The lowest BCUT2D eigenvalue weighted by atomic mass is 9.95. The monoisotopic (exact) mass is 973 g/mol. The Morgan fingerprint density at radius 2 is 1.30 bits per heavy atom. The zero-order valence-electron chi connectivity index (χ0n) is 40.8. The van der Waals surface area contributed by atoms with Gasteiger partial charge in [0.1, 0.15) is 60.8 Å². The highest BCUT2D eigenvalue weighted by Gasteiger charge is 2.57. The van der Waals surface area contributed by atoms with Crippen molar-refractivity contribution in [1.29, 1.82) is 0 Å². The summed E-state index contributed by atoms with van der Waals surface area (Å²) >= 11 is 0. The van der Waals surface area contributed by atoms with Crippen LogP contribution in [0, 0.1) is 5.92 Å². The largest absolute Gasteiger partial charge is 0.463 e. The number of carbonyl (C=O) groups is 4. The zero-order valence-corrected chi connectivity index (χ0v) is 41.8. The van der Waals surface area contributed by atoms with E-state index in [2.05, 4.69) is 50.8 Å². The molecule has 0 aliphatic carbocycles. The van der Waals surface area contributed by atoms with E-state index in [4.69, 9.17) is 47.1 Å². The maximum atomic E-state index is 13.8. The number of nitrogens with zero attached hydrogens (tertiary/aromatic N) is 3. The van der Waals surface area contributed by atoms with Crippen LogP contribution in [0.15, 0.2) is 96.1 Å². The van der Waals surface area contributed by atoms with Crippen LogP contribution in [0.1, 0.15) is 90.2 Å². The number of fused-ring (bicyclic) bond motifs is 1. The normalized spacial score (nSPS) is 27.1. The van der Waals surface area contributed by atoms with Crippen LogP contribution in [0.2, 0.25) is 18.1 Å². The topological polar surface area (TPSA) is 209 Å². The van der Waals surface area contributed by atoms with Crippen molar-refractivity contribution in [3.8, 4) is 0 Å². The molecule has 69 heavy (non-hydrogen) atoms. The van der Waals surface area contributed by atoms with Gasteiger partial charge < -0.3 is 56.6 Å². The third kappa shape index (κ3) is 14.4. The van der Waals surface area contributed by atoms with E-state index in [0.29, 0.717) is 0 Å². The van der Waals surface area contributed by atoms with Gasteiger partial charge in [-0.1, -0.05) is 124 Å². The maximum absolute atomic E-state index is 13.8. The predicted molar refractivity (Wildman–Crippen MR) is 253 cm³/mol. The Balaban J connectivity index is 1.44. The van der Waals surface area contributed by atoms with E-state index in [9.17, 15) is 24.7 Å². The minimum absolute atomic E-state index is 0.00912. The number of hydrogen-bond donors (Lipinski definition) is 0. The Morgan fingerprint density at radius 1 is 0.739 bits per heavy atom. The van der Waals surface area contributed by atoms with Crippen molar-refractivity contribution < 1.29 is 66.2 Å². The molecular formula is C51H67N3O14Si. The van der Waals surface area contributed by atoms with E-state index in [0.717, 1.165) is 16.7 Å². The molecular weight excluding hydrogens is 907 g/mol. The van der Waals surface area contributed by atoms with Crippen molar-refractivity contribution in [2.75, 3.05) is 13.2 Å². The Kier molecular flexibility index (Phi) is 19.2. The first kappa shape index (κ1) is 53.5. The van der Waals surface area contributed by atoms with Gasteiger partial charge in [-0.05, 0) is 54.6 Å². The fourth-order valence-corrected chi connectivity index (χ4v) is 10.7. The van der Waals surface area contributed by atoms with Gasteiger partial charge in [0.2, 0.25) is 0 Å². The van der Waals surface area contributed by atoms with E-state index in [1.807, 2.05) is 91.0 Å². The van der Waals surface area contributed by atoms with Gasteiger partial charge >= 0.3 is 11.9 Å². The van der Waals surface area contributed by atoms with Crippen LogP contribution in [0.25, 0.3) is 10.4 Å². The predicted octanol–water partition coefficient (Wildman–Crippen LogP) is 8.64. The summed E-state index contributed by atoms with van der Waals surface area (Å²) < 4.78 is 66.0. The molecule has 3 fully saturated rings. The molecule has 0 saturated carbocycles. The minimum atomic E-state index is -2.77. The van der Waals surface area contributed by atoms with Crippen molar-refractivity contribution >= 4 is 31.8 Å². The van der Waals surface area contributed by atoms with E-state index in [1.165, 1.54) is 13.8 Å². The molecule has 6 rings (SSSR count). The number of benzene rings is 3. The van der Waals surface area contributed by atoms with Crippen molar-refractivity contribution in [1.82, 2.24) is 0 Å². The molecule has 0 spiro atoms. The van der Waals surface area contributed by atoms with Gasteiger partial charge in [0, 0.05) is 23.3 Å². The Morgan fingerprint density at radius 3 is 1.87 bits per heavy atom. The zero-order chi connectivity index (χ0) is 49.7. The lowest BCUT2D eigenvalue weighted by molar-refractivity contribution is -0.385. The highest BCUT2D eigenvalue weighted by molar-refractivity contribution is 6.74. The summed E-state index contributed by atoms with van der Waals surface area (Å²) in [6.07, 6.45) is -11.8. The number of ether oxygens (including phenoxy) is 9. The summed E-state index contributed by atoms with van der Waals surface area (Å²) in [7, 11) is -2.77. The summed E-state index contributed by atoms with van der Waals surface area (Å²) in [5, 5.41) is 3.94. The average molecular weight is 974 g/mol. The number of esters is 2. The van der Waals surface area contributed by atoms with Gasteiger partial charge in [-0.3, -0.25) is 9.59 Å². The number of rotatable bonds is 23. The summed E-state index contributed by atoms with van der Waals surface area (Å²) in [5.74, 6) is -1.59. The first-order valence-electron chi connectivity index (χ1n) is 23.6. The lowest BCUT2D eigenvalue weighted by Gasteiger charge is -2.52. The van der Waals surface area contributed by atoms with E-state index in [1.54, 1.807) is 0 Å². The highest BCUT2D eigenvalue weighted by atomic mass is 28.4. The number of hydrogen-bond acceptors (Lipinski definition) is 15. The number of carbonyl (C=O) groups excluding carboxylic acids is 4. The molecule has 3 aromatic carbocycles. The molecule has 0 radical (unpaired) electrons. The highest BCUT2D eigenvalue weighted by Crippen LogP contribution is 2.47. The van der Waals surface area contributed by atoms with Gasteiger partial charge in [0.25, 0.3) is 0 Å². The van der Waals surface area contributed by atoms with Crippen LogP contribution in [0.4, 0.5) is 0 Å². The SMILES string of the molecule is CC(=O)CCC(=O)OC[C@H]1O[C@@H](O[Si](C)(C)C(C)(C)C(C)C)[C@H](N=[N+]=[N-])[C@@H](OCc2ccccc2)[C@@H]1O[C@@H]1O[C@@H]2COC(c3ccccc3)O[C@H]2[C@H](OCc2ccccc2)[C@H]1OC(=O)CCC(C)=O. The third-order valence-corrected chi connectivity index (χ3v) is 18.0. The molecule has 3 saturated heterocycles. The second-order valence-electron chi connectivity index (χ2n) is 19.1. The fourth-order valence-electron chi connectivity index (χ4n) is 8.25. The Labute approximate surface area is 405 Å². The smallest absolute Gasteiger partial charge is 0.306 e. The van der Waals surface area contributed by atoms with Crippen LogP contribution < -0.4 is 0 Å². The molecule has 18 heteroatoms. The molecule has 3 aliphatic heterocycles. The molecule has 11 atom stereocenters. The summed E-state index contributed by atoms with van der Waals surface area (Å²) in [4.78, 5) is 54.3. The van der Waals surface area contributed by atoms with Gasteiger partial charge in [-0.15, -0.1) is 0 Å². The second kappa shape index (κ2) is 24.8. The minimum Gasteiger partial charge on any atom is -0.463 e. The van der Waals surface area contributed by atoms with Crippen LogP contribution in [-0.2, 0) is 79.4 Å². The second-order valence-corrected chi connectivity index (χ2v) is 23.7. The molecule has 0 bridgehead atoms. The molecule has 0 amide bonds. The standard InChI is InChI=1S/C51H67N3O14Si/c1-32(2)51(5,6)69(7,8)68-49-42(53-54-52)45(60-28-35-18-12-9-13-19-35)43(38(63-49)30-59-40(57)26-24-33(3)55)67-50-47(65-41(58)27-25-34(4)56)46(61-29-36-20-14-10-15-21-36)44-39(64-50)31-62-48(66-44)37-22-16-11-17-23-37/h9-23,32,38-39,42-50H,24-31H2,1-8H3/t38-,39-,42-,43-,44-,45-,46+,47-,48?,49+,50+/m1/s1. The van der Waals surface area contributed by atoms with Crippen molar-refractivity contribution in [3.05, 3.63) is 118 Å². The van der Waals surface area contributed by atoms with E-state index in [-0.39, 0.29) is 68.0 Å². The van der Waals surface area contributed by atoms with Crippen molar-refractivity contribution in [3.63, 3.8) is 0 Å². The Hall–Kier alpha value is -4.85. The molecule has 0 aromatic heterocycles. The first-order chi connectivity index (χ1) is 33.0. The van der Waals surface area contributed by atoms with Gasteiger partial charge in [-0.25, -0.2) is 0 Å².